The first kappa shape index (κ1) is 37.2. The van der Waals surface area contributed by atoms with Gasteiger partial charge < -0.3 is 8.98 Å². The predicted molar refractivity (Wildman–Crippen MR) is 222 cm³/mol. The monoisotopic (exact) mass is 943 g/mol. The van der Waals surface area contributed by atoms with E-state index in [1.165, 1.54) is 21.1 Å². The molecule has 0 bridgehead atoms. The molecule has 4 heterocycles. The minimum atomic E-state index is -1.72. The molecule has 5 nitrogen and oxygen atoms in total. The molecule has 5 aromatic carbocycles. The Balaban J connectivity index is 0.000000223. The maximum absolute atomic E-state index is 6.47. The van der Waals surface area contributed by atoms with Crippen LogP contribution in [0.1, 0.15) is 16.7 Å². The third kappa shape index (κ3) is 7.22. The van der Waals surface area contributed by atoms with E-state index in [-0.39, 0.29) is 20.1 Å². The number of benzene rings is 5. The second-order valence-electron chi connectivity index (χ2n) is 14.6. The molecular weight excluding hydrogens is 901 g/mol. The van der Waals surface area contributed by atoms with Gasteiger partial charge in [-0.1, -0.05) is 71.1 Å². The number of para-hydroxylation sites is 2. The zero-order valence-corrected chi connectivity index (χ0v) is 35.7. The third-order valence-electron chi connectivity index (χ3n) is 9.63. The van der Waals surface area contributed by atoms with E-state index in [4.69, 9.17) is 14.4 Å². The zero-order valence-electron chi connectivity index (χ0n) is 31.2. The number of fused-ring (bicyclic) bond motifs is 4. The van der Waals surface area contributed by atoms with Gasteiger partial charge in [0.25, 0.3) is 0 Å². The van der Waals surface area contributed by atoms with E-state index in [1.54, 1.807) is 0 Å². The summed E-state index contributed by atoms with van der Waals surface area (Å²) < 4.78 is 10.2. The summed E-state index contributed by atoms with van der Waals surface area (Å²) in [6, 6.07) is 50.0. The summed E-state index contributed by atoms with van der Waals surface area (Å²) in [5, 5.41) is 1.99. The normalized spacial score (nSPS) is 11.4. The van der Waals surface area contributed by atoms with Crippen LogP contribution in [-0.4, -0.2) is 32.8 Å². The first-order valence-corrected chi connectivity index (χ1v) is 25.3. The van der Waals surface area contributed by atoms with Crippen molar-refractivity contribution in [3.63, 3.8) is 0 Å². The average molecular weight is 942 g/mol. The summed E-state index contributed by atoms with van der Waals surface area (Å²) in [5.41, 5.74) is 13.0. The van der Waals surface area contributed by atoms with Gasteiger partial charge in [0, 0.05) is 36.7 Å². The van der Waals surface area contributed by atoms with Crippen LogP contribution in [-0.2, 0) is 20.1 Å². The molecule has 269 valence electrons. The van der Waals surface area contributed by atoms with Gasteiger partial charge in [-0.05, 0) is 56.2 Å². The predicted octanol–water partition coefficient (Wildman–Crippen LogP) is 11.5. The number of furan rings is 1. The van der Waals surface area contributed by atoms with Crippen LogP contribution in [0.4, 0.5) is 0 Å². The first-order chi connectivity index (χ1) is 25.7. The second-order valence-corrected chi connectivity index (χ2v) is 25.2. The third-order valence-corrected chi connectivity index (χ3v) is 13.9. The summed E-state index contributed by atoms with van der Waals surface area (Å²) in [5.74, 6) is 7.95. The first-order valence-electron chi connectivity index (χ1n) is 17.9. The topological polar surface area (TPSA) is 56.7 Å². The second kappa shape index (κ2) is 15.3. The van der Waals surface area contributed by atoms with Gasteiger partial charge >= 0.3 is 99.8 Å². The Morgan fingerprint density at radius 1 is 0.667 bits per heavy atom. The molecule has 0 unspecified atom stereocenters. The van der Waals surface area contributed by atoms with E-state index < -0.39 is 13.3 Å². The summed E-state index contributed by atoms with van der Waals surface area (Å²) in [4.78, 5) is 14.5. The Labute approximate surface area is 332 Å². The fraction of sp³-hybridized carbons (Fsp3) is 0.128. The van der Waals surface area contributed by atoms with E-state index in [0.717, 1.165) is 67.0 Å². The summed E-state index contributed by atoms with van der Waals surface area (Å²) in [6.45, 7) is 6.46. The minimum absolute atomic E-state index is 0. The van der Waals surface area contributed by atoms with Crippen molar-refractivity contribution in [1.82, 2.24) is 19.5 Å². The molecule has 1 radical (unpaired) electrons. The molecule has 9 rings (SSSR count). The minimum Gasteiger partial charge on any atom is 0 e. The Kier molecular flexibility index (Phi) is 10.5. The van der Waals surface area contributed by atoms with Crippen molar-refractivity contribution < 1.29 is 24.5 Å². The van der Waals surface area contributed by atoms with E-state index in [1.807, 2.05) is 66.9 Å². The van der Waals surface area contributed by atoms with Gasteiger partial charge in [-0.2, -0.15) is 0 Å². The molecule has 0 N–H and O–H groups in total. The Bertz CT molecular complexity index is 2710. The van der Waals surface area contributed by atoms with Crippen LogP contribution in [0.3, 0.4) is 0 Å². The number of aryl methyl sites for hydroxylation is 3. The van der Waals surface area contributed by atoms with Crippen molar-refractivity contribution >= 4 is 50.8 Å². The molecule has 0 aliphatic rings. The van der Waals surface area contributed by atoms with Gasteiger partial charge in [0.05, 0.1) is 28.1 Å². The van der Waals surface area contributed by atoms with Gasteiger partial charge in [0.15, 0.2) is 0 Å². The molecule has 0 saturated heterocycles. The molecule has 0 saturated carbocycles. The van der Waals surface area contributed by atoms with Crippen LogP contribution in [0.5, 0.6) is 0 Å². The van der Waals surface area contributed by atoms with Crippen molar-refractivity contribution in [2.45, 2.75) is 38.0 Å². The fourth-order valence-corrected chi connectivity index (χ4v) is 9.22. The number of rotatable bonds is 5. The molecule has 7 heteroatoms. The van der Waals surface area contributed by atoms with E-state index in [0.29, 0.717) is 5.71 Å². The maximum Gasteiger partial charge on any atom is 0 e. The fourth-order valence-electron chi connectivity index (χ4n) is 7.05. The number of imidazole rings is 1. The Morgan fingerprint density at radius 3 is 2.09 bits per heavy atom. The zero-order chi connectivity index (χ0) is 36.7. The van der Waals surface area contributed by atoms with Gasteiger partial charge in [-0.3, -0.25) is 4.98 Å². The number of pyridine rings is 2. The van der Waals surface area contributed by atoms with Gasteiger partial charge in [0.1, 0.15) is 0 Å². The molecule has 0 aliphatic heterocycles. The molecule has 0 spiro atoms. The number of hydrogen-bond acceptors (Lipinski definition) is 4. The number of hydrogen-bond donors (Lipinski definition) is 0. The summed E-state index contributed by atoms with van der Waals surface area (Å²) >= 11 is -1.72. The largest absolute Gasteiger partial charge is 0 e. The quantitative estimate of drug-likeness (QED) is 0.127. The molecule has 0 aliphatic carbocycles. The van der Waals surface area contributed by atoms with Crippen LogP contribution < -0.4 is 4.40 Å². The Morgan fingerprint density at radius 2 is 1.39 bits per heavy atom. The average Bonchev–Trinajstić information content (AvgIpc) is 3.73. The van der Waals surface area contributed by atoms with Crippen LogP contribution in [0.25, 0.3) is 72.7 Å². The van der Waals surface area contributed by atoms with E-state index in [2.05, 4.69) is 126 Å². The van der Waals surface area contributed by atoms with E-state index in [9.17, 15) is 0 Å². The van der Waals surface area contributed by atoms with Crippen LogP contribution in [0, 0.1) is 32.9 Å². The SMILES string of the molecule is Cc1cc(C)c(-n2c(-c3[c-]ccc4c3oc3nc(-c5ccccc5)ccc34)nc3ccccc32)c(C)c1.[CH3][Ge]([CH3])([CH3])[c]1ccc(-c2[c-]cccc2)nc1.[Ir]. The van der Waals surface area contributed by atoms with Gasteiger partial charge in [0.2, 0.25) is 5.71 Å². The van der Waals surface area contributed by atoms with Crippen molar-refractivity contribution in [3.05, 3.63) is 162 Å². The van der Waals surface area contributed by atoms with Crippen LogP contribution in [0.15, 0.2) is 138 Å². The molecular formula is C47H40GeIrN4O-2. The number of aromatic nitrogens is 4. The summed E-state index contributed by atoms with van der Waals surface area (Å²) in [6.07, 6.45) is 2.04. The molecule has 54 heavy (non-hydrogen) atoms. The molecule has 9 aromatic rings. The standard InChI is InChI=1S/C33H24N3O.C14H16GeN.Ir/c1-20-18-21(2)30(22(3)19-20)36-29-15-8-7-14-28(29)34-32(36)26-13-9-12-24-25-16-17-27(23-10-5-4-6-11-23)35-33(25)37-31(24)26;1-15(2,3)13-9-10-14(16-11-13)12-7-5-4-6-8-12;/h4-12,14-19H,1-3H3;4-7,9-11H,1-3H3;/q2*-1;. The molecule has 0 amide bonds. The maximum atomic E-state index is 6.47. The van der Waals surface area contributed by atoms with Gasteiger partial charge in [-0.15, -0.1) is 18.2 Å². The molecule has 4 aromatic heterocycles. The van der Waals surface area contributed by atoms with Gasteiger partial charge in [-0.25, -0.2) is 4.98 Å². The van der Waals surface area contributed by atoms with Crippen LogP contribution in [0.2, 0.25) is 17.3 Å². The smallest absolute Gasteiger partial charge is 0 e. The summed E-state index contributed by atoms with van der Waals surface area (Å²) in [7, 11) is 0. The van der Waals surface area contributed by atoms with E-state index >= 15 is 0 Å². The number of nitrogens with zero attached hydrogens (tertiary/aromatic N) is 4. The molecule has 0 atom stereocenters. The molecule has 0 fully saturated rings. The Hall–Kier alpha value is -5.14. The van der Waals surface area contributed by atoms with Crippen molar-refractivity contribution in [2.75, 3.05) is 0 Å². The van der Waals surface area contributed by atoms with Crippen molar-refractivity contribution in [1.29, 1.82) is 0 Å². The van der Waals surface area contributed by atoms with Crippen molar-refractivity contribution in [2.24, 2.45) is 0 Å². The van der Waals surface area contributed by atoms with Crippen molar-refractivity contribution in [3.8, 4) is 39.6 Å². The van der Waals surface area contributed by atoms with Crippen LogP contribution >= 0.6 is 0 Å².